The van der Waals surface area contributed by atoms with Crippen LogP contribution in [0.3, 0.4) is 0 Å². The number of ether oxygens (including phenoxy) is 1. The average Bonchev–Trinajstić information content (AvgIpc) is 2.83. The Morgan fingerprint density at radius 3 is 2.35 bits per heavy atom. The molecule has 34 heavy (non-hydrogen) atoms. The Balaban J connectivity index is 1.90. The summed E-state index contributed by atoms with van der Waals surface area (Å²) in [5, 5.41) is 2.82. The van der Waals surface area contributed by atoms with Gasteiger partial charge in [0.05, 0.1) is 0 Å². The van der Waals surface area contributed by atoms with Gasteiger partial charge in [-0.1, -0.05) is 54.6 Å². The quantitative estimate of drug-likeness (QED) is 0.479. The van der Waals surface area contributed by atoms with E-state index >= 15 is 0 Å². The smallest absolute Gasteiger partial charge is 0.261 e. The van der Waals surface area contributed by atoms with Gasteiger partial charge in [-0.3, -0.25) is 9.59 Å². The summed E-state index contributed by atoms with van der Waals surface area (Å²) in [4.78, 5) is 27.9. The van der Waals surface area contributed by atoms with Crippen LogP contribution < -0.4 is 10.1 Å². The van der Waals surface area contributed by atoms with Crippen molar-refractivity contribution in [2.24, 2.45) is 0 Å². The molecular weight excluding hydrogens is 431 g/mol. The van der Waals surface area contributed by atoms with Gasteiger partial charge in [0.1, 0.15) is 17.6 Å². The van der Waals surface area contributed by atoms with Crippen molar-refractivity contribution in [1.82, 2.24) is 10.2 Å². The van der Waals surface area contributed by atoms with Gasteiger partial charge in [0.2, 0.25) is 5.91 Å². The zero-order valence-corrected chi connectivity index (χ0v) is 19.9. The van der Waals surface area contributed by atoms with Crippen LogP contribution in [-0.2, 0) is 22.6 Å². The lowest BCUT2D eigenvalue weighted by molar-refractivity contribution is -0.142. The first-order chi connectivity index (χ1) is 16.4. The zero-order chi connectivity index (χ0) is 24.5. The first-order valence-electron chi connectivity index (χ1n) is 11.4. The maximum absolute atomic E-state index is 14.5. The fourth-order valence-corrected chi connectivity index (χ4v) is 3.69. The number of halogens is 1. The van der Waals surface area contributed by atoms with E-state index in [4.69, 9.17) is 4.74 Å². The van der Waals surface area contributed by atoms with Crippen molar-refractivity contribution in [2.75, 3.05) is 13.2 Å². The van der Waals surface area contributed by atoms with E-state index in [2.05, 4.69) is 5.32 Å². The highest BCUT2D eigenvalue weighted by Gasteiger charge is 2.31. The van der Waals surface area contributed by atoms with E-state index in [1.807, 2.05) is 69.3 Å². The normalized spacial score (nSPS) is 11.5. The van der Waals surface area contributed by atoms with E-state index in [0.717, 1.165) is 16.7 Å². The molecule has 3 aromatic carbocycles. The third kappa shape index (κ3) is 6.67. The van der Waals surface area contributed by atoms with Crippen LogP contribution in [0.2, 0.25) is 0 Å². The Bertz CT molecular complexity index is 1120. The highest BCUT2D eigenvalue weighted by Crippen LogP contribution is 2.19. The molecule has 0 unspecified atom stereocenters. The monoisotopic (exact) mass is 462 g/mol. The highest BCUT2D eigenvalue weighted by molar-refractivity contribution is 5.88. The topological polar surface area (TPSA) is 58.6 Å². The van der Waals surface area contributed by atoms with Crippen molar-refractivity contribution in [2.45, 2.75) is 39.8 Å². The molecule has 178 valence electrons. The van der Waals surface area contributed by atoms with Crippen molar-refractivity contribution in [3.8, 4) is 5.75 Å². The number of hydrogen-bond acceptors (Lipinski definition) is 3. The second-order valence-electron chi connectivity index (χ2n) is 8.25. The predicted molar refractivity (Wildman–Crippen MR) is 131 cm³/mol. The third-order valence-electron chi connectivity index (χ3n) is 5.76. The summed E-state index contributed by atoms with van der Waals surface area (Å²) in [7, 11) is 0. The van der Waals surface area contributed by atoms with Gasteiger partial charge < -0.3 is 15.0 Å². The maximum Gasteiger partial charge on any atom is 0.261 e. The van der Waals surface area contributed by atoms with Gasteiger partial charge in [-0.05, 0) is 55.7 Å². The molecule has 0 aliphatic rings. The number of benzene rings is 3. The molecular formula is C28H31FN2O3. The van der Waals surface area contributed by atoms with Gasteiger partial charge in [-0.25, -0.2) is 4.39 Å². The summed E-state index contributed by atoms with van der Waals surface area (Å²) in [5.41, 5.74) is 3.42. The van der Waals surface area contributed by atoms with Gasteiger partial charge in [0.15, 0.2) is 6.61 Å². The van der Waals surface area contributed by atoms with Crippen molar-refractivity contribution in [3.63, 3.8) is 0 Å². The molecule has 3 aromatic rings. The second-order valence-corrected chi connectivity index (χ2v) is 8.25. The molecule has 1 N–H and O–H groups in total. The summed E-state index contributed by atoms with van der Waals surface area (Å²) in [5.74, 6) is -0.541. The summed E-state index contributed by atoms with van der Waals surface area (Å²) in [6.07, 6.45) is 0.302. The number of nitrogens with one attached hydrogen (secondary N) is 1. The Labute approximate surface area is 200 Å². The van der Waals surface area contributed by atoms with Crippen molar-refractivity contribution in [3.05, 3.63) is 101 Å². The summed E-state index contributed by atoms with van der Waals surface area (Å²) >= 11 is 0. The number of likely N-dealkylation sites (N-methyl/N-ethyl adjacent to an activating group) is 1. The minimum absolute atomic E-state index is 0.0452. The number of carbonyl (C=O) groups is 2. The number of aryl methyl sites for hydroxylation is 2. The SMILES string of the molecule is CCNC(=O)[C@@H](Cc1ccccc1)N(Cc1ccccc1F)C(=O)COc1ccc(C)c(C)c1. The Morgan fingerprint density at radius 2 is 1.68 bits per heavy atom. The molecule has 5 nitrogen and oxygen atoms in total. The molecule has 0 spiro atoms. The van der Waals surface area contributed by atoms with Crippen LogP contribution in [0.15, 0.2) is 72.8 Å². The molecule has 0 saturated heterocycles. The van der Waals surface area contributed by atoms with Gasteiger partial charge in [-0.15, -0.1) is 0 Å². The Kier molecular flexibility index (Phi) is 8.79. The molecule has 6 heteroatoms. The Morgan fingerprint density at radius 1 is 0.971 bits per heavy atom. The van der Waals surface area contributed by atoms with E-state index < -0.39 is 17.8 Å². The summed E-state index contributed by atoms with van der Waals surface area (Å²) < 4.78 is 20.3. The number of hydrogen-bond donors (Lipinski definition) is 1. The first kappa shape index (κ1) is 25.0. The molecule has 0 saturated carbocycles. The van der Waals surface area contributed by atoms with E-state index in [-0.39, 0.29) is 19.1 Å². The molecule has 0 aliphatic carbocycles. The van der Waals surface area contributed by atoms with Crippen molar-refractivity contribution < 1.29 is 18.7 Å². The highest BCUT2D eigenvalue weighted by atomic mass is 19.1. The summed E-state index contributed by atoms with van der Waals surface area (Å²) in [6, 6.07) is 20.5. The number of carbonyl (C=O) groups excluding carboxylic acids is 2. The van der Waals surface area contributed by atoms with Gasteiger partial charge in [-0.2, -0.15) is 0 Å². The van der Waals surface area contributed by atoms with Crippen LogP contribution in [0.5, 0.6) is 5.75 Å². The maximum atomic E-state index is 14.5. The second kappa shape index (κ2) is 12.0. The summed E-state index contributed by atoms with van der Waals surface area (Å²) in [6.45, 7) is 5.91. The largest absolute Gasteiger partial charge is 0.484 e. The fourth-order valence-electron chi connectivity index (χ4n) is 3.69. The van der Waals surface area contributed by atoms with Crippen LogP contribution >= 0.6 is 0 Å². The lowest BCUT2D eigenvalue weighted by Gasteiger charge is -2.31. The Hall–Kier alpha value is -3.67. The minimum Gasteiger partial charge on any atom is -0.484 e. The van der Waals surface area contributed by atoms with Crippen LogP contribution in [0.1, 0.15) is 29.2 Å². The molecule has 1 atom stereocenters. The lowest BCUT2D eigenvalue weighted by Crippen LogP contribution is -2.51. The van der Waals surface area contributed by atoms with Gasteiger partial charge >= 0.3 is 0 Å². The van der Waals surface area contributed by atoms with Crippen LogP contribution in [0.25, 0.3) is 0 Å². The first-order valence-corrected chi connectivity index (χ1v) is 11.4. The number of amides is 2. The predicted octanol–water partition coefficient (Wildman–Crippen LogP) is 4.60. The van der Waals surface area contributed by atoms with E-state index in [1.54, 1.807) is 18.2 Å². The van der Waals surface area contributed by atoms with Gasteiger partial charge in [0, 0.05) is 25.1 Å². The lowest BCUT2D eigenvalue weighted by atomic mass is 10.0. The zero-order valence-electron chi connectivity index (χ0n) is 19.9. The van der Waals surface area contributed by atoms with Crippen molar-refractivity contribution >= 4 is 11.8 Å². The van der Waals surface area contributed by atoms with Crippen LogP contribution in [0.4, 0.5) is 4.39 Å². The number of nitrogens with zero attached hydrogens (tertiary/aromatic N) is 1. The van der Waals surface area contributed by atoms with E-state index in [9.17, 15) is 14.0 Å². The number of rotatable bonds is 10. The van der Waals surface area contributed by atoms with Crippen LogP contribution in [0, 0.1) is 19.7 Å². The molecule has 0 heterocycles. The molecule has 0 fully saturated rings. The third-order valence-corrected chi connectivity index (χ3v) is 5.76. The van der Waals surface area contributed by atoms with Crippen molar-refractivity contribution in [1.29, 1.82) is 0 Å². The average molecular weight is 463 g/mol. The molecule has 0 aliphatic heterocycles. The molecule has 0 aromatic heterocycles. The minimum atomic E-state index is -0.821. The standard InChI is InChI=1S/C28H31FN2O3/c1-4-30-28(33)26(17-22-10-6-5-7-11-22)31(18-23-12-8-9-13-25(23)29)27(32)19-34-24-15-14-20(2)21(3)16-24/h5-16,26H,4,17-19H2,1-3H3,(H,30,33)/t26-/m1/s1. The fraction of sp³-hybridized carbons (Fsp3) is 0.286. The molecule has 0 bridgehead atoms. The van der Waals surface area contributed by atoms with Gasteiger partial charge in [0.25, 0.3) is 5.91 Å². The van der Waals surface area contributed by atoms with E-state index in [0.29, 0.717) is 24.3 Å². The van der Waals surface area contributed by atoms with Crippen LogP contribution in [-0.4, -0.2) is 35.9 Å². The molecule has 2 amide bonds. The molecule has 0 radical (unpaired) electrons. The molecule has 3 rings (SSSR count). The van der Waals surface area contributed by atoms with E-state index in [1.165, 1.54) is 11.0 Å².